The van der Waals surface area contributed by atoms with Gasteiger partial charge in [-0.2, -0.15) is 0 Å². The Labute approximate surface area is 110 Å². The van der Waals surface area contributed by atoms with E-state index in [0.29, 0.717) is 6.54 Å². The SMILES string of the molecule is CCCN(C)C(CN)c1cccc(OC)c1OC. The van der Waals surface area contributed by atoms with Crippen molar-refractivity contribution in [2.75, 3.05) is 34.4 Å². The summed E-state index contributed by atoms with van der Waals surface area (Å²) >= 11 is 0. The molecule has 4 heteroatoms. The van der Waals surface area contributed by atoms with E-state index in [1.54, 1.807) is 14.2 Å². The second-order valence-electron chi connectivity index (χ2n) is 4.31. The van der Waals surface area contributed by atoms with Crippen LogP contribution in [-0.2, 0) is 0 Å². The average molecular weight is 252 g/mol. The van der Waals surface area contributed by atoms with Crippen LogP contribution in [-0.4, -0.2) is 39.3 Å². The van der Waals surface area contributed by atoms with Crippen LogP contribution in [0.4, 0.5) is 0 Å². The molecular formula is C14H24N2O2. The van der Waals surface area contributed by atoms with Gasteiger partial charge in [0.05, 0.1) is 20.3 Å². The number of benzene rings is 1. The van der Waals surface area contributed by atoms with Crippen molar-refractivity contribution in [3.63, 3.8) is 0 Å². The summed E-state index contributed by atoms with van der Waals surface area (Å²) in [4.78, 5) is 2.25. The minimum atomic E-state index is 0.148. The van der Waals surface area contributed by atoms with Crippen molar-refractivity contribution in [3.05, 3.63) is 23.8 Å². The van der Waals surface area contributed by atoms with Crippen molar-refractivity contribution in [2.45, 2.75) is 19.4 Å². The van der Waals surface area contributed by atoms with Gasteiger partial charge >= 0.3 is 0 Å². The number of nitrogens with zero attached hydrogens (tertiary/aromatic N) is 1. The highest BCUT2D eigenvalue weighted by Gasteiger charge is 2.21. The molecule has 4 nitrogen and oxygen atoms in total. The lowest BCUT2D eigenvalue weighted by Gasteiger charge is -2.28. The van der Waals surface area contributed by atoms with E-state index in [1.807, 2.05) is 18.2 Å². The molecule has 0 bridgehead atoms. The first-order valence-corrected chi connectivity index (χ1v) is 6.30. The van der Waals surface area contributed by atoms with Crippen LogP contribution in [0.25, 0.3) is 0 Å². The number of hydrogen-bond donors (Lipinski definition) is 1. The van der Waals surface area contributed by atoms with Crippen LogP contribution in [0.2, 0.25) is 0 Å². The Morgan fingerprint density at radius 1 is 1.28 bits per heavy atom. The standard InChI is InChI=1S/C14H24N2O2/c1-5-9-16(2)12(10-15)11-7-6-8-13(17-3)14(11)18-4/h6-8,12H,5,9-10,15H2,1-4H3. The van der Waals surface area contributed by atoms with Crippen LogP contribution in [0.5, 0.6) is 11.5 Å². The van der Waals surface area contributed by atoms with Crippen molar-refractivity contribution in [1.29, 1.82) is 0 Å². The molecule has 0 aromatic heterocycles. The number of nitrogens with two attached hydrogens (primary N) is 1. The zero-order valence-electron chi connectivity index (χ0n) is 11.8. The Morgan fingerprint density at radius 3 is 2.50 bits per heavy atom. The Hall–Kier alpha value is -1.26. The molecular weight excluding hydrogens is 228 g/mol. The maximum absolute atomic E-state index is 5.91. The molecule has 2 N–H and O–H groups in total. The smallest absolute Gasteiger partial charge is 0.165 e. The van der Waals surface area contributed by atoms with Gasteiger partial charge in [0.15, 0.2) is 11.5 Å². The van der Waals surface area contributed by atoms with E-state index in [1.165, 1.54) is 0 Å². The average Bonchev–Trinajstić information content (AvgIpc) is 2.39. The summed E-state index contributed by atoms with van der Waals surface area (Å²) in [6, 6.07) is 6.06. The van der Waals surface area contributed by atoms with Gasteiger partial charge in [-0.05, 0) is 26.1 Å². The van der Waals surface area contributed by atoms with Crippen molar-refractivity contribution in [1.82, 2.24) is 4.90 Å². The fourth-order valence-electron chi connectivity index (χ4n) is 2.23. The largest absolute Gasteiger partial charge is 0.493 e. The molecule has 1 aromatic rings. The van der Waals surface area contributed by atoms with Gasteiger partial charge in [-0.1, -0.05) is 19.1 Å². The Kier molecular flexibility index (Phi) is 5.95. The van der Waals surface area contributed by atoms with Crippen molar-refractivity contribution in [2.24, 2.45) is 5.73 Å². The number of methoxy groups -OCH3 is 2. The highest BCUT2D eigenvalue weighted by Crippen LogP contribution is 2.36. The minimum absolute atomic E-state index is 0.148. The second-order valence-corrected chi connectivity index (χ2v) is 4.31. The molecule has 1 atom stereocenters. The summed E-state index contributed by atoms with van der Waals surface area (Å²) in [6.07, 6.45) is 1.10. The summed E-state index contributed by atoms with van der Waals surface area (Å²) in [7, 11) is 5.39. The molecule has 0 radical (unpaired) electrons. The zero-order chi connectivity index (χ0) is 13.5. The lowest BCUT2D eigenvalue weighted by molar-refractivity contribution is 0.242. The van der Waals surface area contributed by atoms with Gasteiger partial charge in [-0.25, -0.2) is 0 Å². The van der Waals surface area contributed by atoms with E-state index in [4.69, 9.17) is 15.2 Å². The van der Waals surface area contributed by atoms with Gasteiger partial charge in [-0.3, -0.25) is 4.90 Å². The zero-order valence-corrected chi connectivity index (χ0v) is 11.8. The third kappa shape index (κ3) is 3.15. The summed E-state index contributed by atoms with van der Waals surface area (Å²) in [5.41, 5.74) is 6.99. The summed E-state index contributed by atoms with van der Waals surface area (Å²) in [5, 5.41) is 0. The number of rotatable bonds is 7. The lowest BCUT2D eigenvalue weighted by atomic mass is 10.0. The molecule has 0 saturated carbocycles. The molecule has 0 aliphatic heterocycles. The third-order valence-electron chi connectivity index (χ3n) is 3.12. The van der Waals surface area contributed by atoms with Crippen LogP contribution >= 0.6 is 0 Å². The summed E-state index contributed by atoms with van der Waals surface area (Å²) < 4.78 is 10.8. The van der Waals surface area contributed by atoms with Gasteiger partial charge in [-0.15, -0.1) is 0 Å². The van der Waals surface area contributed by atoms with Crippen LogP contribution < -0.4 is 15.2 Å². The first kappa shape index (κ1) is 14.8. The van der Waals surface area contributed by atoms with E-state index in [0.717, 1.165) is 30.0 Å². The number of ether oxygens (including phenoxy) is 2. The first-order chi connectivity index (χ1) is 8.69. The highest BCUT2D eigenvalue weighted by atomic mass is 16.5. The molecule has 0 aliphatic rings. The van der Waals surface area contributed by atoms with Gasteiger partial charge in [0.2, 0.25) is 0 Å². The van der Waals surface area contributed by atoms with Gasteiger partial charge in [0.25, 0.3) is 0 Å². The molecule has 1 unspecified atom stereocenters. The predicted molar refractivity (Wildman–Crippen MR) is 74.3 cm³/mol. The van der Waals surface area contributed by atoms with Crippen molar-refractivity contribution >= 4 is 0 Å². The fraction of sp³-hybridized carbons (Fsp3) is 0.571. The number of para-hydroxylation sites is 1. The number of hydrogen-bond acceptors (Lipinski definition) is 4. The topological polar surface area (TPSA) is 47.7 Å². The van der Waals surface area contributed by atoms with Crippen LogP contribution in [0.3, 0.4) is 0 Å². The van der Waals surface area contributed by atoms with Crippen LogP contribution in [0.1, 0.15) is 24.9 Å². The normalized spacial score (nSPS) is 12.6. The second kappa shape index (κ2) is 7.24. The number of likely N-dealkylation sites (N-methyl/N-ethyl adjacent to an activating group) is 1. The summed E-state index contributed by atoms with van der Waals surface area (Å²) in [6.45, 7) is 3.72. The molecule has 1 rings (SSSR count). The molecule has 0 fully saturated rings. The van der Waals surface area contributed by atoms with E-state index < -0.39 is 0 Å². The monoisotopic (exact) mass is 252 g/mol. The van der Waals surface area contributed by atoms with Gasteiger partial charge < -0.3 is 15.2 Å². The fourth-order valence-corrected chi connectivity index (χ4v) is 2.23. The molecule has 0 spiro atoms. The Balaban J connectivity index is 3.12. The minimum Gasteiger partial charge on any atom is -0.493 e. The Bertz CT molecular complexity index is 369. The van der Waals surface area contributed by atoms with Crippen molar-refractivity contribution in [3.8, 4) is 11.5 Å². The predicted octanol–water partition coefficient (Wildman–Crippen LogP) is 2.05. The molecule has 0 amide bonds. The van der Waals surface area contributed by atoms with E-state index in [9.17, 15) is 0 Å². The molecule has 102 valence electrons. The molecule has 18 heavy (non-hydrogen) atoms. The quantitative estimate of drug-likeness (QED) is 0.807. The van der Waals surface area contributed by atoms with Crippen molar-refractivity contribution < 1.29 is 9.47 Å². The van der Waals surface area contributed by atoms with Crippen LogP contribution in [0, 0.1) is 0 Å². The van der Waals surface area contributed by atoms with Gasteiger partial charge in [0, 0.05) is 12.1 Å². The molecule has 0 heterocycles. The molecule has 0 saturated heterocycles. The van der Waals surface area contributed by atoms with Crippen LogP contribution in [0.15, 0.2) is 18.2 Å². The maximum atomic E-state index is 5.91. The van der Waals surface area contributed by atoms with E-state index in [-0.39, 0.29) is 6.04 Å². The molecule has 1 aromatic carbocycles. The third-order valence-corrected chi connectivity index (χ3v) is 3.12. The first-order valence-electron chi connectivity index (χ1n) is 6.30. The van der Waals surface area contributed by atoms with E-state index >= 15 is 0 Å². The summed E-state index contributed by atoms with van der Waals surface area (Å²) in [5.74, 6) is 1.52. The highest BCUT2D eigenvalue weighted by molar-refractivity contribution is 5.48. The maximum Gasteiger partial charge on any atom is 0.165 e. The Morgan fingerprint density at radius 2 is 2.00 bits per heavy atom. The van der Waals surface area contributed by atoms with Gasteiger partial charge in [0.1, 0.15) is 0 Å². The van der Waals surface area contributed by atoms with E-state index in [2.05, 4.69) is 18.9 Å². The lowest BCUT2D eigenvalue weighted by Crippen LogP contribution is -2.31. The molecule has 0 aliphatic carbocycles.